The summed E-state index contributed by atoms with van der Waals surface area (Å²) >= 11 is 6.24. The van der Waals surface area contributed by atoms with Crippen molar-refractivity contribution >= 4 is 17.6 Å². The number of halogens is 1. The lowest BCUT2D eigenvalue weighted by Crippen LogP contribution is -1.95. The molecule has 0 fully saturated rings. The number of rotatable bonds is 15. The first-order chi connectivity index (χ1) is 10.2. The molecule has 2 nitrogen and oxygen atoms in total. The molecule has 0 heterocycles. The predicted octanol–water partition coefficient (Wildman–Crippen LogP) is 6.33. The zero-order valence-electron chi connectivity index (χ0n) is 13.7. The smallest absolute Gasteiger partial charge is 0.303 e. The van der Waals surface area contributed by atoms with Crippen LogP contribution in [0.5, 0.6) is 0 Å². The van der Waals surface area contributed by atoms with E-state index in [0.29, 0.717) is 6.42 Å². The van der Waals surface area contributed by atoms with Gasteiger partial charge in [0.15, 0.2) is 0 Å². The fourth-order valence-electron chi connectivity index (χ4n) is 2.35. The number of hydrogen-bond acceptors (Lipinski definition) is 1. The molecule has 0 aliphatic carbocycles. The van der Waals surface area contributed by atoms with E-state index in [1.54, 1.807) is 0 Å². The van der Waals surface area contributed by atoms with Gasteiger partial charge in [0.2, 0.25) is 0 Å². The van der Waals surface area contributed by atoms with E-state index in [4.69, 9.17) is 16.7 Å². The molecule has 0 aliphatic rings. The molecule has 0 saturated carbocycles. The Labute approximate surface area is 136 Å². The Kier molecular flexibility index (Phi) is 15.5. The molecular weight excluding hydrogens is 284 g/mol. The molecule has 0 amide bonds. The molecule has 0 aromatic rings. The highest BCUT2D eigenvalue weighted by Gasteiger charge is 2.00. The Bertz CT molecular complexity index is 264. The zero-order valence-corrected chi connectivity index (χ0v) is 14.4. The normalized spacial score (nSPS) is 12.9. The summed E-state index contributed by atoms with van der Waals surface area (Å²) in [6, 6.07) is 0. The summed E-state index contributed by atoms with van der Waals surface area (Å²) in [7, 11) is 0. The van der Waals surface area contributed by atoms with Gasteiger partial charge in [-0.3, -0.25) is 4.79 Å². The van der Waals surface area contributed by atoms with Crippen molar-refractivity contribution in [2.24, 2.45) is 0 Å². The number of hydrogen-bond donors (Lipinski definition) is 1. The van der Waals surface area contributed by atoms with Crippen molar-refractivity contribution in [1.82, 2.24) is 0 Å². The highest BCUT2D eigenvalue weighted by Crippen LogP contribution is 2.13. The second kappa shape index (κ2) is 15.9. The standard InChI is InChI=1S/C18H33ClO2/c1-2-3-4-5-6-7-8-11-14-17(19)15-12-9-10-13-16-18(20)21/h11,14,17H,2-10,12-13,15-16H2,1H3,(H,20,21)/b14-11+. The molecule has 0 radical (unpaired) electrons. The molecule has 0 saturated heterocycles. The van der Waals surface area contributed by atoms with Crippen LogP contribution in [0, 0.1) is 0 Å². The second-order valence-corrected chi connectivity index (χ2v) is 6.41. The molecule has 1 N–H and O–H groups in total. The van der Waals surface area contributed by atoms with Crippen molar-refractivity contribution in [2.75, 3.05) is 0 Å². The summed E-state index contributed by atoms with van der Waals surface area (Å²) < 4.78 is 0. The van der Waals surface area contributed by atoms with Crippen LogP contribution in [0.15, 0.2) is 12.2 Å². The van der Waals surface area contributed by atoms with Gasteiger partial charge in [-0.2, -0.15) is 0 Å². The minimum atomic E-state index is -0.692. The van der Waals surface area contributed by atoms with Gasteiger partial charge in [0.25, 0.3) is 0 Å². The van der Waals surface area contributed by atoms with Crippen LogP contribution < -0.4 is 0 Å². The van der Waals surface area contributed by atoms with E-state index in [1.165, 1.54) is 38.5 Å². The molecule has 0 aliphatic heterocycles. The van der Waals surface area contributed by atoms with Crippen LogP contribution in [0.1, 0.15) is 90.4 Å². The van der Waals surface area contributed by atoms with E-state index in [9.17, 15) is 4.79 Å². The number of unbranched alkanes of at least 4 members (excludes halogenated alkanes) is 9. The van der Waals surface area contributed by atoms with Crippen LogP contribution >= 0.6 is 11.6 Å². The van der Waals surface area contributed by atoms with Gasteiger partial charge in [0.05, 0.1) is 5.38 Å². The molecule has 21 heavy (non-hydrogen) atoms. The van der Waals surface area contributed by atoms with Crippen LogP contribution in [0.3, 0.4) is 0 Å². The average molecular weight is 317 g/mol. The van der Waals surface area contributed by atoms with Gasteiger partial charge in [0, 0.05) is 6.42 Å². The number of carboxylic acid groups (broad SMARTS) is 1. The van der Waals surface area contributed by atoms with Crippen molar-refractivity contribution in [1.29, 1.82) is 0 Å². The summed E-state index contributed by atoms with van der Waals surface area (Å²) in [5.74, 6) is -0.692. The van der Waals surface area contributed by atoms with E-state index in [-0.39, 0.29) is 5.38 Å². The van der Waals surface area contributed by atoms with Gasteiger partial charge in [-0.1, -0.05) is 70.4 Å². The van der Waals surface area contributed by atoms with Gasteiger partial charge in [0.1, 0.15) is 0 Å². The Balaban J connectivity index is 3.30. The summed E-state index contributed by atoms with van der Waals surface area (Å²) in [6.07, 6.45) is 18.8. The molecule has 1 atom stereocenters. The second-order valence-electron chi connectivity index (χ2n) is 5.85. The van der Waals surface area contributed by atoms with Gasteiger partial charge < -0.3 is 5.11 Å². The summed E-state index contributed by atoms with van der Waals surface area (Å²) in [5, 5.41) is 8.67. The van der Waals surface area contributed by atoms with Crippen LogP contribution in [0.25, 0.3) is 0 Å². The quantitative estimate of drug-likeness (QED) is 0.218. The van der Waals surface area contributed by atoms with Crippen molar-refractivity contribution in [2.45, 2.75) is 95.8 Å². The SMILES string of the molecule is CCCCCCCC/C=C/C(Cl)CCCCCCC(=O)O. The molecule has 124 valence electrons. The Morgan fingerprint density at radius 1 is 1.00 bits per heavy atom. The lowest BCUT2D eigenvalue weighted by Gasteiger charge is -2.04. The Morgan fingerprint density at radius 2 is 1.62 bits per heavy atom. The number of allylic oxidation sites excluding steroid dienone is 2. The lowest BCUT2D eigenvalue weighted by atomic mass is 10.1. The first kappa shape index (κ1) is 20.5. The van der Waals surface area contributed by atoms with Crippen molar-refractivity contribution in [3.8, 4) is 0 Å². The predicted molar refractivity (Wildman–Crippen MR) is 92.1 cm³/mol. The van der Waals surface area contributed by atoms with Crippen molar-refractivity contribution in [3.63, 3.8) is 0 Å². The first-order valence-corrected chi connectivity index (χ1v) is 9.13. The molecular formula is C18H33ClO2. The van der Waals surface area contributed by atoms with Crippen LogP contribution in [0.4, 0.5) is 0 Å². The fourth-order valence-corrected chi connectivity index (χ4v) is 2.61. The Hall–Kier alpha value is -0.500. The maximum absolute atomic E-state index is 10.4. The number of carbonyl (C=O) groups is 1. The largest absolute Gasteiger partial charge is 0.481 e. The highest BCUT2D eigenvalue weighted by molar-refractivity contribution is 6.21. The van der Waals surface area contributed by atoms with Gasteiger partial charge >= 0.3 is 5.97 Å². The van der Waals surface area contributed by atoms with Crippen LogP contribution in [-0.2, 0) is 4.79 Å². The Morgan fingerprint density at radius 3 is 2.33 bits per heavy atom. The van der Waals surface area contributed by atoms with Crippen LogP contribution in [-0.4, -0.2) is 16.5 Å². The highest BCUT2D eigenvalue weighted by atomic mass is 35.5. The molecule has 0 spiro atoms. The number of carboxylic acids is 1. The van der Waals surface area contributed by atoms with E-state index < -0.39 is 5.97 Å². The molecule has 1 unspecified atom stereocenters. The van der Waals surface area contributed by atoms with Gasteiger partial charge in [-0.05, 0) is 25.7 Å². The maximum atomic E-state index is 10.4. The van der Waals surface area contributed by atoms with Crippen LogP contribution in [0.2, 0.25) is 0 Å². The fraction of sp³-hybridized carbons (Fsp3) is 0.833. The summed E-state index contributed by atoms with van der Waals surface area (Å²) in [4.78, 5) is 10.4. The zero-order chi connectivity index (χ0) is 15.8. The third-order valence-electron chi connectivity index (χ3n) is 3.69. The summed E-state index contributed by atoms with van der Waals surface area (Å²) in [6.45, 7) is 2.25. The monoisotopic (exact) mass is 316 g/mol. The number of alkyl halides is 1. The lowest BCUT2D eigenvalue weighted by molar-refractivity contribution is -0.137. The molecule has 0 rings (SSSR count). The summed E-state index contributed by atoms with van der Waals surface area (Å²) in [5.41, 5.74) is 0. The van der Waals surface area contributed by atoms with E-state index >= 15 is 0 Å². The van der Waals surface area contributed by atoms with Gasteiger partial charge in [-0.15, -0.1) is 11.6 Å². The van der Waals surface area contributed by atoms with E-state index in [1.807, 2.05) is 0 Å². The maximum Gasteiger partial charge on any atom is 0.303 e. The van der Waals surface area contributed by atoms with E-state index in [0.717, 1.165) is 38.5 Å². The molecule has 3 heteroatoms. The third-order valence-corrected chi connectivity index (χ3v) is 4.05. The molecule has 0 bridgehead atoms. The van der Waals surface area contributed by atoms with Crippen molar-refractivity contribution < 1.29 is 9.90 Å². The van der Waals surface area contributed by atoms with E-state index in [2.05, 4.69) is 19.1 Å². The van der Waals surface area contributed by atoms with Crippen molar-refractivity contribution in [3.05, 3.63) is 12.2 Å². The molecule has 0 aromatic carbocycles. The number of aliphatic carboxylic acids is 1. The minimum absolute atomic E-state index is 0.143. The minimum Gasteiger partial charge on any atom is -0.481 e. The first-order valence-electron chi connectivity index (χ1n) is 8.69. The topological polar surface area (TPSA) is 37.3 Å². The third kappa shape index (κ3) is 17.4. The molecule has 0 aromatic heterocycles. The average Bonchev–Trinajstić information content (AvgIpc) is 2.45. The van der Waals surface area contributed by atoms with Gasteiger partial charge in [-0.25, -0.2) is 0 Å².